The summed E-state index contributed by atoms with van der Waals surface area (Å²) in [6.07, 6.45) is 0.523. The first-order valence-electron chi connectivity index (χ1n) is 6.16. The molecule has 0 rings (SSSR count). The van der Waals surface area contributed by atoms with Gasteiger partial charge in [-0.15, -0.1) is 0 Å². The van der Waals surface area contributed by atoms with E-state index in [1.54, 1.807) is 13.8 Å². The summed E-state index contributed by atoms with van der Waals surface area (Å²) in [7, 11) is 0. The number of unbranched alkanes of at least 4 members (excludes halogenated alkanes) is 1. The molecular formula is C12H25NO4. The first-order chi connectivity index (χ1) is 7.99. The number of Topliss-reactive ketones (excluding diaryl/α,β-unsaturated/α-hetero) is 1. The molecule has 5 heteroatoms. The maximum Gasteiger partial charge on any atom is 0.129 e. The summed E-state index contributed by atoms with van der Waals surface area (Å²) in [5.41, 5.74) is 0. The Labute approximate surface area is 103 Å². The smallest absolute Gasteiger partial charge is 0.129 e. The fraction of sp³-hybridized carbons (Fsp3) is 0.917. The molecule has 3 atom stereocenters. The number of aliphatic hydroxyl groups is 3. The normalized spacial score (nSPS) is 16.5. The summed E-state index contributed by atoms with van der Waals surface area (Å²) in [4.78, 5) is 10.7. The van der Waals surface area contributed by atoms with Gasteiger partial charge in [-0.3, -0.25) is 0 Å². The summed E-state index contributed by atoms with van der Waals surface area (Å²) in [5.74, 6) is -0.137. The Morgan fingerprint density at radius 2 is 1.94 bits per heavy atom. The SMILES string of the molecule is CC(=O)CCCCNCC(O)C(O)C(C)CO. The third kappa shape index (κ3) is 8.26. The second-order valence-electron chi connectivity index (χ2n) is 4.58. The molecule has 0 aromatic heterocycles. The van der Waals surface area contributed by atoms with E-state index in [2.05, 4.69) is 5.32 Å². The van der Waals surface area contributed by atoms with Gasteiger partial charge in [0, 0.05) is 25.5 Å². The zero-order valence-corrected chi connectivity index (χ0v) is 10.7. The number of aliphatic hydroxyl groups excluding tert-OH is 3. The van der Waals surface area contributed by atoms with Crippen molar-refractivity contribution in [3.63, 3.8) is 0 Å². The molecule has 0 aromatic carbocycles. The van der Waals surface area contributed by atoms with Crippen molar-refractivity contribution in [2.24, 2.45) is 5.92 Å². The highest BCUT2D eigenvalue weighted by Crippen LogP contribution is 2.06. The molecule has 5 nitrogen and oxygen atoms in total. The minimum Gasteiger partial charge on any atom is -0.396 e. The molecule has 102 valence electrons. The zero-order chi connectivity index (χ0) is 13.3. The van der Waals surface area contributed by atoms with Gasteiger partial charge in [-0.1, -0.05) is 6.92 Å². The molecule has 17 heavy (non-hydrogen) atoms. The van der Waals surface area contributed by atoms with Crippen LogP contribution in [0.25, 0.3) is 0 Å². The lowest BCUT2D eigenvalue weighted by Gasteiger charge is -2.22. The monoisotopic (exact) mass is 247 g/mol. The average Bonchev–Trinajstić information content (AvgIpc) is 2.30. The van der Waals surface area contributed by atoms with Crippen LogP contribution in [0.15, 0.2) is 0 Å². The van der Waals surface area contributed by atoms with Gasteiger partial charge in [0.1, 0.15) is 5.78 Å². The molecule has 0 bridgehead atoms. The van der Waals surface area contributed by atoms with Crippen LogP contribution in [0.3, 0.4) is 0 Å². The van der Waals surface area contributed by atoms with Crippen LogP contribution in [-0.4, -0.2) is 53.0 Å². The highest BCUT2D eigenvalue weighted by Gasteiger charge is 2.21. The van der Waals surface area contributed by atoms with Crippen LogP contribution < -0.4 is 5.32 Å². The summed E-state index contributed by atoms with van der Waals surface area (Å²) in [6, 6.07) is 0. The van der Waals surface area contributed by atoms with E-state index < -0.39 is 12.2 Å². The first-order valence-corrected chi connectivity index (χ1v) is 6.16. The van der Waals surface area contributed by atoms with Crippen molar-refractivity contribution in [1.82, 2.24) is 5.32 Å². The van der Waals surface area contributed by atoms with E-state index in [4.69, 9.17) is 5.11 Å². The van der Waals surface area contributed by atoms with Crippen molar-refractivity contribution in [2.75, 3.05) is 19.7 Å². The van der Waals surface area contributed by atoms with E-state index in [-0.39, 0.29) is 18.3 Å². The minimum absolute atomic E-state index is 0.142. The molecule has 0 aliphatic heterocycles. The number of hydrogen-bond donors (Lipinski definition) is 4. The number of carbonyl (C=O) groups excluding carboxylic acids is 1. The number of ketones is 1. The molecule has 0 fully saturated rings. The largest absolute Gasteiger partial charge is 0.396 e. The van der Waals surface area contributed by atoms with Crippen molar-refractivity contribution < 1.29 is 20.1 Å². The molecular weight excluding hydrogens is 222 g/mol. The van der Waals surface area contributed by atoms with Crippen LogP contribution in [0.1, 0.15) is 33.1 Å². The molecule has 0 aromatic rings. The molecule has 0 saturated carbocycles. The average molecular weight is 247 g/mol. The summed E-state index contributed by atoms with van der Waals surface area (Å²) in [6.45, 7) is 4.12. The highest BCUT2D eigenvalue weighted by atomic mass is 16.3. The topological polar surface area (TPSA) is 89.8 Å². The van der Waals surface area contributed by atoms with Crippen LogP contribution in [0.5, 0.6) is 0 Å². The van der Waals surface area contributed by atoms with Crippen LogP contribution in [0.4, 0.5) is 0 Å². The van der Waals surface area contributed by atoms with Crippen molar-refractivity contribution >= 4 is 5.78 Å². The molecule has 0 radical (unpaired) electrons. The lowest BCUT2D eigenvalue weighted by molar-refractivity contribution is -0.117. The van der Waals surface area contributed by atoms with E-state index in [0.717, 1.165) is 12.8 Å². The Hall–Kier alpha value is -0.490. The first kappa shape index (κ1) is 16.5. The van der Waals surface area contributed by atoms with E-state index in [0.29, 0.717) is 19.5 Å². The Balaban J connectivity index is 3.50. The second kappa shape index (κ2) is 9.53. The van der Waals surface area contributed by atoms with E-state index in [9.17, 15) is 15.0 Å². The lowest BCUT2D eigenvalue weighted by atomic mass is 10.0. The predicted octanol–water partition coefficient (Wildman–Crippen LogP) is -0.314. The summed E-state index contributed by atoms with van der Waals surface area (Å²) < 4.78 is 0. The zero-order valence-electron chi connectivity index (χ0n) is 10.7. The van der Waals surface area contributed by atoms with Crippen LogP contribution >= 0.6 is 0 Å². The van der Waals surface area contributed by atoms with Gasteiger partial charge in [-0.2, -0.15) is 0 Å². The van der Waals surface area contributed by atoms with Crippen molar-refractivity contribution in [1.29, 1.82) is 0 Å². The van der Waals surface area contributed by atoms with Gasteiger partial charge < -0.3 is 25.4 Å². The highest BCUT2D eigenvalue weighted by molar-refractivity contribution is 5.75. The van der Waals surface area contributed by atoms with Gasteiger partial charge >= 0.3 is 0 Å². The third-order valence-electron chi connectivity index (χ3n) is 2.75. The molecule has 0 saturated heterocycles. The van der Waals surface area contributed by atoms with Gasteiger partial charge in [0.2, 0.25) is 0 Å². The molecule has 0 aliphatic rings. The molecule has 0 amide bonds. The molecule has 0 aliphatic carbocycles. The Morgan fingerprint density at radius 3 is 2.47 bits per heavy atom. The van der Waals surface area contributed by atoms with Gasteiger partial charge in [0.25, 0.3) is 0 Å². The standard InChI is InChI=1S/C12H25NO4/c1-9(8-14)12(17)11(16)7-13-6-4-3-5-10(2)15/h9,11-14,16-17H,3-8H2,1-2H3. The van der Waals surface area contributed by atoms with Gasteiger partial charge in [-0.05, 0) is 26.3 Å². The number of carbonyl (C=O) groups is 1. The molecule has 0 heterocycles. The Bertz CT molecular complexity index is 211. The van der Waals surface area contributed by atoms with E-state index >= 15 is 0 Å². The number of nitrogens with one attached hydrogen (secondary N) is 1. The lowest BCUT2D eigenvalue weighted by Crippen LogP contribution is -2.41. The fourth-order valence-corrected chi connectivity index (χ4v) is 1.48. The fourth-order valence-electron chi connectivity index (χ4n) is 1.48. The maximum absolute atomic E-state index is 10.7. The second-order valence-corrected chi connectivity index (χ2v) is 4.58. The van der Waals surface area contributed by atoms with Crippen molar-refractivity contribution in [3.05, 3.63) is 0 Å². The number of rotatable bonds is 10. The van der Waals surface area contributed by atoms with Gasteiger partial charge in [-0.25, -0.2) is 0 Å². The maximum atomic E-state index is 10.7. The Morgan fingerprint density at radius 1 is 1.29 bits per heavy atom. The predicted molar refractivity (Wildman–Crippen MR) is 65.7 cm³/mol. The van der Waals surface area contributed by atoms with Crippen molar-refractivity contribution in [2.45, 2.75) is 45.3 Å². The van der Waals surface area contributed by atoms with E-state index in [1.807, 2.05) is 0 Å². The van der Waals surface area contributed by atoms with Crippen molar-refractivity contribution in [3.8, 4) is 0 Å². The van der Waals surface area contributed by atoms with Crippen LogP contribution in [0.2, 0.25) is 0 Å². The molecule has 0 spiro atoms. The van der Waals surface area contributed by atoms with E-state index in [1.165, 1.54) is 0 Å². The number of hydrogen-bond acceptors (Lipinski definition) is 5. The summed E-state index contributed by atoms with van der Waals surface area (Å²) >= 11 is 0. The van der Waals surface area contributed by atoms with Crippen LogP contribution in [0, 0.1) is 5.92 Å². The minimum atomic E-state index is -0.912. The Kier molecular flexibility index (Phi) is 9.26. The molecule has 3 unspecified atom stereocenters. The van der Waals surface area contributed by atoms with Crippen LogP contribution in [-0.2, 0) is 4.79 Å². The molecule has 4 N–H and O–H groups in total. The van der Waals surface area contributed by atoms with Gasteiger partial charge in [0.05, 0.1) is 12.2 Å². The summed E-state index contributed by atoms with van der Waals surface area (Å²) in [5, 5.41) is 31.0. The third-order valence-corrected chi connectivity index (χ3v) is 2.75. The van der Waals surface area contributed by atoms with Gasteiger partial charge in [0.15, 0.2) is 0 Å². The quantitative estimate of drug-likeness (QED) is 0.397.